The van der Waals surface area contributed by atoms with E-state index in [4.69, 9.17) is 10.5 Å². The molecule has 106 valence electrons. The van der Waals surface area contributed by atoms with Crippen molar-refractivity contribution >= 4 is 11.4 Å². The summed E-state index contributed by atoms with van der Waals surface area (Å²) in [6, 6.07) is 6.06. The van der Waals surface area contributed by atoms with E-state index in [9.17, 15) is 5.11 Å². The smallest absolute Gasteiger partial charge is 0.123 e. The van der Waals surface area contributed by atoms with Crippen molar-refractivity contribution in [1.29, 1.82) is 0 Å². The van der Waals surface area contributed by atoms with Crippen molar-refractivity contribution in [3.63, 3.8) is 0 Å². The third-order valence-electron chi connectivity index (χ3n) is 3.74. The third-order valence-corrected chi connectivity index (χ3v) is 3.74. The van der Waals surface area contributed by atoms with Crippen molar-refractivity contribution in [3.05, 3.63) is 18.2 Å². The second-order valence-corrected chi connectivity index (χ2v) is 5.20. The number of aliphatic hydroxyl groups excluding tert-OH is 1. The Kier molecular flexibility index (Phi) is 4.91. The van der Waals surface area contributed by atoms with Gasteiger partial charge in [-0.15, -0.1) is 0 Å². The van der Waals surface area contributed by atoms with Crippen LogP contribution in [-0.4, -0.2) is 24.4 Å². The van der Waals surface area contributed by atoms with Gasteiger partial charge < -0.3 is 20.9 Å². The standard InChI is InChI=1S/C15H24N2O2/c1-2-19-14-8-12(16)7-13(9-14)17-15-6-4-3-5-11(15)10-18/h7-9,11,15,17-18H,2-6,10,16H2,1H3. The van der Waals surface area contributed by atoms with Gasteiger partial charge in [0.1, 0.15) is 5.75 Å². The van der Waals surface area contributed by atoms with E-state index in [1.54, 1.807) is 0 Å². The lowest BCUT2D eigenvalue weighted by atomic mass is 9.85. The van der Waals surface area contributed by atoms with Gasteiger partial charge in [-0.05, 0) is 25.8 Å². The second-order valence-electron chi connectivity index (χ2n) is 5.20. The highest BCUT2D eigenvalue weighted by molar-refractivity contribution is 5.59. The fraction of sp³-hybridized carbons (Fsp3) is 0.600. The Morgan fingerprint density at radius 3 is 2.84 bits per heavy atom. The molecule has 0 spiro atoms. The van der Waals surface area contributed by atoms with Gasteiger partial charge in [0.2, 0.25) is 0 Å². The first-order valence-electron chi connectivity index (χ1n) is 7.13. The zero-order valence-electron chi connectivity index (χ0n) is 11.6. The maximum atomic E-state index is 9.44. The maximum Gasteiger partial charge on any atom is 0.123 e. The summed E-state index contributed by atoms with van der Waals surface area (Å²) in [6.45, 7) is 2.84. The van der Waals surface area contributed by atoms with E-state index in [0.717, 1.165) is 24.3 Å². The quantitative estimate of drug-likeness (QED) is 0.715. The first kappa shape index (κ1) is 14.0. The summed E-state index contributed by atoms with van der Waals surface area (Å²) in [5, 5.41) is 12.9. The number of hydrogen-bond donors (Lipinski definition) is 3. The maximum absolute atomic E-state index is 9.44. The van der Waals surface area contributed by atoms with Crippen LogP contribution >= 0.6 is 0 Å². The van der Waals surface area contributed by atoms with Crippen molar-refractivity contribution in [2.45, 2.75) is 38.6 Å². The average molecular weight is 264 g/mol. The van der Waals surface area contributed by atoms with Gasteiger partial charge in [0.15, 0.2) is 0 Å². The van der Waals surface area contributed by atoms with E-state index in [2.05, 4.69) is 5.32 Å². The summed E-state index contributed by atoms with van der Waals surface area (Å²) >= 11 is 0. The molecular formula is C15H24N2O2. The van der Waals surface area contributed by atoms with Crippen LogP contribution in [0.3, 0.4) is 0 Å². The Labute approximate surface area is 115 Å². The van der Waals surface area contributed by atoms with Crippen LogP contribution in [0, 0.1) is 5.92 Å². The topological polar surface area (TPSA) is 67.5 Å². The molecule has 0 bridgehead atoms. The van der Waals surface area contributed by atoms with Crippen LogP contribution < -0.4 is 15.8 Å². The highest BCUT2D eigenvalue weighted by atomic mass is 16.5. The fourth-order valence-electron chi connectivity index (χ4n) is 2.79. The van der Waals surface area contributed by atoms with Gasteiger partial charge in [0, 0.05) is 42.1 Å². The molecule has 19 heavy (non-hydrogen) atoms. The van der Waals surface area contributed by atoms with Gasteiger partial charge in [0.25, 0.3) is 0 Å². The largest absolute Gasteiger partial charge is 0.494 e. The molecule has 1 aliphatic rings. The number of aliphatic hydroxyl groups is 1. The Morgan fingerprint density at radius 1 is 1.32 bits per heavy atom. The first-order valence-corrected chi connectivity index (χ1v) is 7.13. The normalized spacial score (nSPS) is 23.1. The number of nitrogen functional groups attached to an aromatic ring is 1. The summed E-state index contributed by atoms with van der Waals surface area (Å²) < 4.78 is 5.50. The molecule has 0 saturated heterocycles. The third kappa shape index (κ3) is 3.77. The highest BCUT2D eigenvalue weighted by Crippen LogP contribution is 2.29. The van der Waals surface area contributed by atoms with E-state index in [1.165, 1.54) is 12.8 Å². The first-order chi connectivity index (χ1) is 9.22. The Morgan fingerprint density at radius 2 is 2.11 bits per heavy atom. The molecule has 2 rings (SSSR count). The van der Waals surface area contributed by atoms with Crippen LogP contribution in [0.15, 0.2) is 18.2 Å². The van der Waals surface area contributed by atoms with Crippen molar-refractivity contribution in [2.75, 3.05) is 24.3 Å². The highest BCUT2D eigenvalue weighted by Gasteiger charge is 2.24. The molecule has 4 nitrogen and oxygen atoms in total. The van der Waals surface area contributed by atoms with Crippen LogP contribution in [0.25, 0.3) is 0 Å². The molecule has 0 amide bonds. The fourth-order valence-corrected chi connectivity index (χ4v) is 2.79. The molecule has 1 saturated carbocycles. The van der Waals surface area contributed by atoms with Crippen molar-refractivity contribution in [3.8, 4) is 5.75 Å². The number of hydrogen-bond acceptors (Lipinski definition) is 4. The van der Waals surface area contributed by atoms with Gasteiger partial charge in [-0.3, -0.25) is 0 Å². The van der Waals surface area contributed by atoms with Crippen LogP contribution in [0.4, 0.5) is 11.4 Å². The molecule has 1 aromatic rings. The number of ether oxygens (including phenoxy) is 1. The zero-order chi connectivity index (χ0) is 13.7. The van der Waals surface area contributed by atoms with E-state index in [0.29, 0.717) is 24.3 Å². The Bertz CT molecular complexity index is 409. The Hall–Kier alpha value is -1.42. The summed E-state index contributed by atoms with van der Waals surface area (Å²) in [5.74, 6) is 1.13. The van der Waals surface area contributed by atoms with E-state index in [-0.39, 0.29) is 6.61 Å². The molecule has 0 aromatic heterocycles. The molecular weight excluding hydrogens is 240 g/mol. The minimum Gasteiger partial charge on any atom is -0.494 e. The predicted octanol–water partition coefficient (Wildman–Crippen LogP) is 2.63. The van der Waals surface area contributed by atoms with Crippen LogP contribution in [0.2, 0.25) is 0 Å². The minimum absolute atomic E-state index is 0.248. The summed E-state index contributed by atoms with van der Waals surface area (Å²) in [4.78, 5) is 0. The van der Waals surface area contributed by atoms with Gasteiger partial charge in [-0.25, -0.2) is 0 Å². The lowest BCUT2D eigenvalue weighted by Gasteiger charge is -2.31. The number of benzene rings is 1. The van der Waals surface area contributed by atoms with E-state index in [1.807, 2.05) is 25.1 Å². The summed E-state index contributed by atoms with van der Waals surface area (Å²) in [7, 11) is 0. The van der Waals surface area contributed by atoms with Crippen molar-refractivity contribution in [1.82, 2.24) is 0 Å². The van der Waals surface area contributed by atoms with E-state index >= 15 is 0 Å². The minimum atomic E-state index is 0.248. The summed E-state index contributed by atoms with van der Waals surface area (Å²) in [6.07, 6.45) is 4.62. The Balaban J connectivity index is 2.08. The van der Waals surface area contributed by atoms with Gasteiger partial charge >= 0.3 is 0 Å². The molecule has 1 fully saturated rings. The predicted molar refractivity (Wildman–Crippen MR) is 78.5 cm³/mol. The van der Waals surface area contributed by atoms with E-state index < -0.39 is 0 Å². The molecule has 4 heteroatoms. The monoisotopic (exact) mass is 264 g/mol. The SMILES string of the molecule is CCOc1cc(N)cc(NC2CCCCC2CO)c1. The average Bonchev–Trinajstić information content (AvgIpc) is 2.39. The number of anilines is 2. The molecule has 1 aromatic carbocycles. The molecule has 1 aliphatic carbocycles. The lowest BCUT2D eigenvalue weighted by Crippen LogP contribution is -2.34. The second kappa shape index (κ2) is 6.66. The van der Waals surface area contributed by atoms with Crippen LogP contribution in [-0.2, 0) is 0 Å². The lowest BCUT2D eigenvalue weighted by molar-refractivity contribution is 0.178. The number of nitrogens with one attached hydrogen (secondary N) is 1. The van der Waals surface area contributed by atoms with Gasteiger partial charge in [-0.2, -0.15) is 0 Å². The molecule has 2 atom stereocenters. The number of rotatable bonds is 5. The van der Waals surface area contributed by atoms with Crippen LogP contribution in [0.5, 0.6) is 5.75 Å². The molecule has 0 aliphatic heterocycles. The molecule has 2 unspecified atom stereocenters. The molecule has 0 radical (unpaired) electrons. The van der Waals surface area contributed by atoms with Crippen LogP contribution in [0.1, 0.15) is 32.6 Å². The zero-order valence-corrected chi connectivity index (χ0v) is 11.6. The summed E-state index contributed by atoms with van der Waals surface area (Å²) in [5.41, 5.74) is 7.57. The molecule has 0 heterocycles. The van der Waals surface area contributed by atoms with Crippen molar-refractivity contribution < 1.29 is 9.84 Å². The van der Waals surface area contributed by atoms with Crippen molar-refractivity contribution in [2.24, 2.45) is 5.92 Å². The number of nitrogens with two attached hydrogens (primary N) is 1. The van der Waals surface area contributed by atoms with Gasteiger partial charge in [0.05, 0.1) is 6.61 Å². The van der Waals surface area contributed by atoms with Gasteiger partial charge in [-0.1, -0.05) is 12.8 Å². The molecule has 4 N–H and O–H groups in total.